The van der Waals surface area contributed by atoms with E-state index in [0.29, 0.717) is 5.69 Å². The van der Waals surface area contributed by atoms with E-state index in [1.165, 1.54) is 0 Å². The van der Waals surface area contributed by atoms with Crippen molar-refractivity contribution < 1.29 is 9.90 Å². The van der Waals surface area contributed by atoms with E-state index in [9.17, 15) is 9.90 Å². The lowest BCUT2D eigenvalue weighted by atomic mass is 10.2. The highest BCUT2D eigenvalue weighted by atomic mass is 16.3. The van der Waals surface area contributed by atoms with Gasteiger partial charge in [0.15, 0.2) is 0 Å². The van der Waals surface area contributed by atoms with Crippen molar-refractivity contribution in [2.24, 2.45) is 0 Å². The van der Waals surface area contributed by atoms with Gasteiger partial charge in [-0.1, -0.05) is 13.3 Å². The average Bonchev–Trinajstić information content (AvgIpc) is 2.96. The Hall–Kier alpha value is -1.36. The van der Waals surface area contributed by atoms with Crippen molar-refractivity contribution in [2.75, 3.05) is 13.2 Å². The molecule has 5 heteroatoms. The molecule has 2 N–H and O–H groups in total. The van der Waals surface area contributed by atoms with Gasteiger partial charge in [-0.15, -0.1) is 0 Å². The first kappa shape index (κ1) is 12.1. The van der Waals surface area contributed by atoms with E-state index < -0.39 is 0 Å². The number of carbonyl (C=O) groups excluding carboxylic acids is 1. The topological polar surface area (TPSA) is 69.2 Å². The second-order valence-corrected chi connectivity index (χ2v) is 4.51. The first-order chi connectivity index (χ1) is 8.26. The van der Waals surface area contributed by atoms with Gasteiger partial charge in [-0.3, -0.25) is 9.89 Å². The normalized spacial score (nSPS) is 19.9. The molecule has 1 fully saturated rings. The lowest BCUT2D eigenvalue weighted by molar-refractivity contribution is 0.0671. The van der Waals surface area contributed by atoms with Gasteiger partial charge in [0.2, 0.25) is 0 Å². The lowest BCUT2D eigenvalue weighted by Gasteiger charge is -2.21. The fourth-order valence-corrected chi connectivity index (χ4v) is 2.31. The Morgan fingerprint density at radius 1 is 1.71 bits per heavy atom. The molecule has 0 aliphatic carbocycles. The predicted molar refractivity (Wildman–Crippen MR) is 63.7 cm³/mol. The van der Waals surface area contributed by atoms with Crippen molar-refractivity contribution in [3.8, 4) is 0 Å². The predicted octanol–water partition coefficient (Wildman–Crippen LogP) is 0.959. The van der Waals surface area contributed by atoms with Crippen LogP contribution in [0.15, 0.2) is 6.07 Å². The summed E-state index contributed by atoms with van der Waals surface area (Å²) in [5, 5.41) is 16.1. The molecule has 0 aromatic carbocycles. The number of rotatable bonds is 4. The molecule has 0 spiro atoms. The molecule has 1 aromatic heterocycles. The van der Waals surface area contributed by atoms with E-state index in [1.54, 1.807) is 4.90 Å². The van der Waals surface area contributed by atoms with Crippen LogP contribution >= 0.6 is 0 Å². The number of nitrogens with zero attached hydrogens (tertiary/aromatic N) is 2. The molecule has 94 valence electrons. The number of hydrogen-bond acceptors (Lipinski definition) is 3. The van der Waals surface area contributed by atoms with Crippen LogP contribution in [0.25, 0.3) is 0 Å². The van der Waals surface area contributed by atoms with Gasteiger partial charge >= 0.3 is 0 Å². The van der Waals surface area contributed by atoms with Crippen LogP contribution < -0.4 is 0 Å². The highest BCUT2D eigenvalue weighted by Crippen LogP contribution is 2.19. The van der Waals surface area contributed by atoms with Gasteiger partial charge in [-0.2, -0.15) is 5.10 Å². The molecule has 1 atom stereocenters. The van der Waals surface area contributed by atoms with E-state index in [0.717, 1.165) is 37.9 Å². The van der Waals surface area contributed by atoms with Gasteiger partial charge in [0.25, 0.3) is 5.91 Å². The number of H-pyrrole nitrogens is 1. The van der Waals surface area contributed by atoms with Crippen molar-refractivity contribution in [1.82, 2.24) is 15.1 Å². The summed E-state index contributed by atoms with van der Waals surface area (Å²) in [5.74, 6) is -0.0693. The molecule has 1 aromatic rings. The van der Waals surface area contributed by atoms with E-state index >= 15 is 0 Å². The summed E-state index contributed by atoms with van der Waals surface area (Å²) in [6.07, 6.45) is 3.78. The summed E-state index contributed by atoms with van der Waals surface area (Å²) in [6.45, 7) is 2.85. The molecule has 2 rings (SSSR count). The number of aromatic nitrogens is 2. The molecular formula is C12H19N3O2. The maximum atomic E-state index is 12.2. The fraction of sp³-hybridized carbons (Fsp3) is 0.667. The number of carbonyl (C=O) groups is 1. The van der Waals surface area contributed by atoms with Crippen LogP contribution in [0.4, 0.5) is 0 Å². The highest BCUT2D eigenvalue weighted by Gasteiger charge is 2.29. The van der Waals surface area contributed by atoms with Gasteiger partial charge in [0, 0.05) is 12.2 Å². The number of likely N-dealkylation sites (tertiary alicyclic amines) is 1. The van der Waals surface area contributed by atoms with Crippen LogP contribution in [-0.4, -0.2) is 45.3 Å². The fourth-order valence-electron chi connectivity index (χ4n) is 2.31. The van der Waals surface area contributed by atoms with Gasteiger partial charge in [0.05, 0.1) is 12.6 Å². The SMILES string of the molecule is CCCc1cc(C(=O)N2CCC[C@@H]2CO)n[nH]1. The van der Waals surface area contributed by atoms with Crippen LogP contribution in [0.5, 0.6) is 0 Å². The first-order valence-electron chi connectivity index (χ1n) is 6.22. The van der Waals surface area contributed by atoms with E-state index in [1.807, 2.05) is 6.07 Å². The third kappa shape index (κ3) is 2.49. The van der Waals surface area contributed by atoms with Crippen molar-refractivity contribution in [1.29, 1.82) is 0 Å². The Kier molecular flexibility index (Phi) is 3.78. The molecular weight excluding hydrogens is 218 g/mol. The van der Waals surface area contributed by atoms with Crippen LogP contribution in [-0.2, 0) is 6.42 Å². The molecule has 1 amide bonds. The number of aromatic amines is 1. The van der Waals surface area contributed by atoms with Crippen LogP contribution in [0.2, 0.25) is 0 Å². The quantitative estimate of drug-likeness (QED) is 0.819. The second-order valence-electron chi connectivity index (χ2n) is 4.51. The Morgan fingerprint density at radius 3 is 3.24 bits per heavy atom. The molecule has 0 bridgehead atoms. The maximum Gasteiger partial charge on any atom is 0.274 e. The van der Waals surface area contributed by atoms with Gasteiger partial charge in [-0.25, -0.2) is 0 Å². The van der Waals surface area contributed by atoms with Crippen molar-refractivity contribution in [2.45, 2.75) is 38.6 Å². The minimum absolute atomic E-state index is 0.0335. The summed E-state index contributed by atoms with van der Waals surface area (Å²) in [4.78, 5) is 13.9. The van der Waals surface area contributed by atoms with Crippen LogP contribution in [0.3, 0.4) is 0 Å². The zero-order chi connectivity index (χ0) is 12.3. The van der Waals surface area contributed by atoms with Crippen LogP contribution in [0, 0.1) is 0 Å². The Morgan fingerprint density at radius 2 is 2.53 bits per heavy atom. The number of hydrogen-bond donors (Lipinski definition) is 2. The third-order valence-electron chi connectivity index (χ3n) is 3.22. The maximum absolute atomic E-state index is 12.2. The van der Waals surface area contributed by atoms with Crippen molar-refractivity contribution in [3.63, 3.8) is 0 Å². The molecule has 0 radical (unpaired) electrons. The molecule has 5 nitrogen and oxygen atoms in total. The van der Waals surface area contributed by atoms with Gasteiger partial charge in [0.1, 0.15) is 5.69 Å². The monoisotopic (exact) mass is 237 g/mol. The van der Waals surface area contributed by atoms with E-state index in [4.69, 9.17) is 0 Å². The minimum atomic E-state index is -0.0693. The summed E-state index contributed by atoms with van der Waals surface area (Å²) in [5.41, 5.74) is 1.46. The summed E-state index contributed by atoms with van der Waals surface area (Å²) in [6, 6.07) is 1.78. The molecule has 0 saturated carbocycles. The Labute approximate surface area is 101 Å². The number of nitrogens with one attached hydrogen (secondary N) is 1. The molecule has 1 aliphatic heterocycles. The molecule has 1 saturated heterocycles. The number of aliphatic hydroxyl groups excluding tert-OH is 1. The van der Waals surface area contributed by atoms with Crippen LogP contribution in [0.1, 0.15) is 42.4 Å². The van der Waals surface area contributed by atoms with Crippen molar-refractivity contribution in [3.05, 3.63) is 17.5 Å². The Balaban J connectivity index is 2.07. The van der Waals surface area contributed by atoms with E-state index in [-0.39, 0.29) is 18.6 Å². The third-order valence-corrected chi connectivity index (χ3v) is 3.22. The van der Waals surface area contributed by atoms with E-state index in [2.05, 4.69) is 17.1 Å². The lowest BCUT2D eigenvalue weighted by Crippen LogP contribution is -2.37. The molecule has 1 aliphatic rings. The van der Waals surface area contributed by atoms with Crippen molar-refractivity contribution >= 4 is 5.91 Å². The largest absolute Gasteiger partial charge is 0.394 e. The highest BCUT2D eigenvalue weighted by molar-refractivity contribution is 5.92. The number of aryl methyl sites for hydroxylation is 1. The minimum Gasteiger partial charge on any atom is -0.394 e. The van der Waals surface area contributed by atoms with Gasteiger partial charge in [-0.05, 0) is 25.3 Å². The smallest absolute Gasteiger partial charge is 0.274 e. The molecule has 2 heterocycles. The molecule has 0 unspecified atom stereocenters. The summed E-state index contributed by atoms with van der Waals surface area (Å²) >= 11 is 0. The number of aliphatic hydroxyl groups is 1. The summed E-state index contributed by atoms with van der Waals surface area (Å²) < 4.78 is 0. The zero-order valence-corrected chi connectivity index (χ0v) is 10.1. The standard InChI is InChI=1S/C12H19N3O2/c1-2-4-9-7-11(14-13-9)12(17)15-6-3-5-10(15)8-16/h7,10,16H,2-6,8H2,1H3,(H,13,14)/t10-/m1/s1. The second kappa shape index (κ2) is 5.31. The molecule has 17 heavy (non-hydrogen) atoms. The average molecular weight is 237 g/mol. The zero-order valence-electron chi connectivity index (χ0n) is 10.1. The number of amides is 1. The summed E-state index contributed by atoms with van der Waals surface area (Å²) in [7, 11) is 0. The first-order valence-corrected chi connectivity index (χ1v) is 6.22. The van der Waals surface area contributed by atoms with Gasteiger partial charge < -0.3 is 10.0 Å². The Bertz CT molecular complexity index is 389.